The first-order valence-corrected chi connectivity index (χ1v) is 7.67. The number of urea groups is 1. The molecule has 9 heteroatoms. The molecule has 24 heavy (non-hydrogen) atoms. The molecule has 1 unspecified atom stereocenters. The second-order valence-corrected chi connectivity index (χ2v) is 5.35. The van der Waals surface area contributed by atoms with Gasteiger partial charge in [0.15, 0.2) is 0 Å². The predicted molar refractivity (Wildman–Crippen MR) is 83.3 cm³/mol. The maximum atomic E-state index is 12.2. The molecule has 9 nitrogen and oxygen atoms in total. The highest BCUT2D eigenvalue weighted by Gasteiger charge is 2.25. The summed E-state index contributed by atoms with van der Waals surface area (Å²) < 4.78 is 0. The van der Waals surface area contributed by atoms with Gasteiger partial charge in [-0.1, -0.05) is 0 Å². The molecular formula is C15H24N2O7. The van der Waals surface area contributed by atoms with Gasteiger partial charge in [-0.15, -0.1) is 0 Å². The van der Waals surface area contributed by atoms with Gasteiger partial charge < -0.3 is 19.9 Å². The first-order valence-electron chi connectivity index (χ1n) is 7.67. The van der Waals surface area contributed by atoms with Crippen molar-refractivity contribution in [1.82, 2.24) is 9.80 Å². The molecule has 0 heterocycles. The summed E-state index contributed by atoms with van der Waals surface area (Å²) in [5, 5.41) is 17.3. The highest BCUT2D eigenvalue weighted by Crippen LogP contribution is 2.13. The van der Waals surface area contributed by atoms with E-state index in [0.29, 0.717) is 12.8 Å². The normalized spacial score (nSPS) is 11.4. The highest BCUT2D eigenvalue weighted by molar-refractivity contribution is 5.94. The fraction of sp³-hybridized carbons (Fsp3) is 0.667. The van der Waals surface area contributed by atoms with E-state index in [2.05, 4.69) is 0 Å². The van der Waals surface area contributed by atoms with Gasteiger partial charge in [-0.05, 0) is 19.8 Å². The Morgan fingerprint density at radius 3 is 2.00 bits per heavy atom. The highest BCUT2D eigenvalue weighted by atomic mass is 16.4. The largest absolute Gasteiger partial charge is 0.481 e. The molecule has 0 rings (SSSR count). The molecule has 0 aliphatic heterocycles. The van der Waals surface area contributed by atoms with Gasteiger partial charge in [0, 0.05) is 38.9 Å². The van der Waals surface area contributed by atoms with Crippen LogP contribution in [0.5, 0.6) is 0 Å². The maximum Gasteiger partial charge on any atom is 0.326 e. The second kappa shape index (κ2) is 11.1. The first-order chi connectivity index (χ1) is 11.2. The standard InChI is InChI=1S/C15H24N2O7/c1-3-16(2)15(24)17(9-8-14(22)23)12(19)6-4-11(10-18)5-7-13(20)21/h10-11H,3-9H2,1-2H3,(H,20,21)(H,22,23). The van der Waals surface area contributed by atoms with E-state index < -0.39 is 29.8 Å². The smallest absolute Gasteiger partial charge is 0.326 e. The van der Waals surface area contributed by atoms with Crippen molar-refractivity contribution in [2.75, 3.05) is 20.1 Å². The minimum atomic E-state index is -1.13. The Hall–Kier alpha value is -2.45. The summed E-state index contributed by atoms with van der Waals surface area (Å²) in [5.74, 6) is -3.34. The Labute approximate surface area is 140 Å². The van der Waals surface area contributed by atoms with Gasteiger partial charge in [0.2, 0.25) is 5.91 Å². The van der Waals surface area contributed by atoms with Crippen molar-refractivity contribution < 1.29 is 34.2 Å². The number of aldehydes is 1. The van der Waals surface area contributed by atoms with Gasteiger partial charge in [0.1, 0.15) is 6.29 Å². The summed E-state index contributed by atoms with van der Waals surface area (Å²) in [6.07, 6.45) is 0.138. The molecule has 0 aromatic heterocycles. The molecule has 0 bridgehead atoms. The summed E-state index contributed by atoms with van der Waals surface area (Å²) in [4.78, 5) is 58.6. The summed E-state index contributed by atoms with van der Waals surface area (Å²) in [5.41, 5.74) is 0. The van der Waals surface area contributed by atoms with Crippen LogP contribution in [0.1, 0.15) is 39.0 Å². The van der Waals surface area contributed by atoms with Gasteiger partial charge >= 0.3 is 18.0 Å². The first kappa shape index (κ1) is 21.6. The number of nitrogens with zero attached hydrogens (tertiary/aromatic N) is 2. The quantitative estimate of drug-likeness (QED) is 0.530. The number of imide groups is 1. The minimum absolute atomic E-state index is 0.113. The van der Waals surface area contributed by atoms with Crippen LogP contribution in [0, 0.1) is 5.92 Å². The lowest BCUT2D eigenvalue weighted by atomic mass is 9.99. The third kappa shape index (κ3) is 8.25. The van der Waals surface area contributed by atoms with E-state index in [0.717, 1.165) is 4.90 Å². The topological polar surface area (TPSA) is 132 Å². The average molecular weight is 344 g/mol. The number of carboxylic acid groups (broad SMARTS) is 2. The van der Waals surface area contributed by atoms with Crippen molar-refractivity contribution in [2.24, 2.45) is 5.92 Å². The number of amides is 3. The zero-order valence-electron chi connectivity index (χ0n) is 13.9. The van der Waals surface area contributed by atoms with Crippen LogP contribution in [0.25, 0.3) is 0 Å². The molecule has 3 amide bonds. The Kier molecular flexibility index (Phi) is 10.0. The second-order valence-electron chi connectivity index (χ2n) is 5.35. The summed E-state index contributed by atoms with van der Waals surface area (Å²) in [6.45, 7) is 1.82. The van der Waals surface area contributed by atoms with Crippen molar-refractivity contribution in [1.29, 1.82) is 0 Å². The van der Waals surface area contributed by atoms with Crippen LogP contribution in [0.4, 0.5) is 4.79 Å². The maximum absolute atomic E-state index is 12.2. The van der Waals surface area contributed by atoms with Gasteiger partial charge in [-0.2, -0.15) is 0 Å². The van der Waals surface area contributed by atoms with E-state index in [4.69, 9.17) is 10.2 Å². The average Bonchev–Trinajstić information content (AvgIpc) is 2.53. The zero-order chi connectivity index (χ0) is 18.7. The molecule has 136 valence electrons. The number of aliphatic carboxylic acids is 2. The molecule has 1 atom stereocenters. The summed E-state index contributed by atoms with van der Waals surface area (Å²) in [6, 6.07) is -0.600. The number of carbonyl (C=O) groups is 5. The third-order valence-electron chi connectivity index (χ3n) is 3.53. The number of rotatable bonds is 11. The van der Waals surface area contributed by atoms with E-state index in [1.54, 1.807) is 6.92 Å². The van der Waals surface area contributed by atoms with Crippen molar-refractivity contribution >= 4 is 30.2 Å². The molecule has 0 fully saturated rings. The monoisotopic (exact) mass is 344 g/mol. The van der Waals surface area contributed by atoms with Crippen LogP contribution in [0.15, 0.2) is 0 Å². The number of carboxylic acids is 2. The lowest BCUT2D eigenvalue weighted by molar-refractivity contribution is -0.138. The van der Waals surface area contributed by atoms with Crippen molar-refractivity contribution in [2.45, 2.75) is 39.0 Å². The Morgan fingerprint density at radius 2 is 1.54 bits per heavy atom. The number of hydrogen-bond donors (Lipinski definition) is 2. The van der Waals surface area contributed by atoms with Gasteiger partial charge in [0.05, 0.1) is 6.42 Å². The number of hydrogen-bond acceptors (Lipinski definition) is 5. The molecule has 0 saturated carbocycles. The van der Waals surface area contributed by atoms with E-state index in [-0.39, 0.29) is 38.6 Å². The van der Waals surface area contributed by atoms with Crippen molar-refractivity contribution in [3.63, 3.8) is 0 Å². The molecule has 0 saturated heterocycles. The lowest BCUT2D eigenvalue weighted by Crippen LogP contribution is -2.45. The van der Waals surface area contributed by atoms with Crippen LogP contribution in [-0.4, -0.2) is 70.3 Å². The molecule has 0 radical (unpaired) electrons. The van der Waals surface area contributed by atoms with E-state index in [1.165, 1.54) is 11.9 Å². The fourth-order valence-electron chi connectivity index (χ4n) is 1.91. The van der Waals surface area contributed by atoms with Crippen LogP contribution in [0.3, 0.4) is 0 Å². The third-order valence-corrected chi connectivity index (χ3v) is 3.53. The molecular weight excluding hydrogens is 320 g/mol. The van der Waals surface area contributed by atoms with Gasteiger partial charge in [-0.3, -0.25) is 19.3 Å². The lowest BCUT2D eigenvalue weighted by Gasteiger charge is -2.26. The van der Waals surface area contributed by atoms with Crippen LogP contribution in [-0.2, 0) is 19.2 Å². The zero-order valence-corrected chi connectivity index (χ0v) is 13.9. The van der Waals surface area contributed by atoms with Crippen LogP contribution >= 0.6 is 0 Å². The molecule has 0 aliphatic rings. The van der Waals surface area contributed by atoms with E-state index in [9.17, 15) is 24.0 Å². The van der Waals surface area contributed by atoms with E-state index >= 15 is 0 Å². The molecule has 0 aliphatic carbocycles. The molecule has 0 aromatic rings. The van der Waals surface area contributed by atoms with Crippen molar-refractivity contribution in [3.8, 4) is 0 Å². The van der Waals surface area contributed by atoms with E-state index in [1.807, 2.05) is 0 Å². The fourth-order valence-corrected chi connectivity index (χ4v) is 1.91. The SMILES string of the molecule is CCN(C)C(=O)N(CCC(=O)O)C(=O)CCC(C=O)CCC(=O)O. The molecule has 0 spiro atoms. The summed E-state index contributed by atoms with van der Waals surface area (Å²) >= 11 is 0. The Bertz CT molecular complexity index is 478. The summed E-state index contributed by atoms with van der Waals surface area (Å²) in [7, 11) is 1.49. The van der Waals surface area contributed by atoms with Crippen molar-refractivity contribution in [3.05, 3.63) is 0 Å². The van der Waals surface area contributed by atoms with Gasteiger partial charge in [-0.25, -0.2) is 4.79 Å². The Balaban J connectivity index is 4.78. The Morgan fingerprint density at radius 1 is 1.00 bits per heavy atom. The molecule has 2 N–H and O–H groups in total. The predicted octanol–water partition coefficient (Wildman–Crippen LogP) is 0.822. The van der Waals surface area contributed by atoms with Gasteiger partial charge in [0.25, 0.3) is 0 Å². The van der Waals surface area contributed by atoms with Crippen LogP contribution < -0.4 is 0 Å². The molecule has 0 aromatic carbocycles. The minimum Gasteiger partial charge on any atom is -0.481 e. The van der Waals surface area contributed by atoms with Crippen LogP contribution in [0.2, 0.25) is 0 Å². The number of carbonyl (C=O) groups excluding carboxylic acids is 3.